The minimum absolute atomic E-state index is 0.164. The molecule has 2 N–H and O–H groups in total. The molecule has 0 atom stereocenters. The van der Waals surface area contributed by atoms with Crippen LogP contribution in [-0.4, -0.2) is 16.5 Å². The highest BCUT2D eigenvalue weighted by atomic mass is 32.1. The lowest BCUT2D eigenvalue weighted by Gasteiger charge is -2.08. The van der Waals surface area contributed by atoms with E-state index >= 15 is 0 Å². The third-order valence-corrected chi connectivity index (χ3v) is 5.24. The summed E-state index contributed by atoms with van der Waals surface area (Å²) in [5.41, 5.74) is 3.96. The van der Waals surface area contributed by atoms with Gasteiger partial charge in [-0.3, -0.25) is 4.79 Å². The van der Waals surface area contributed by atoms with Crippen LogP contribution in [0.15, 0.2) is 36.4 Å². The van der Waals surface area contributed by atoms with Gasteiger partial charge in [0.25, 0.3) is 0 Å². The largest absolute Gasteiger partial charge is 0.508 e. The number of aldehydes is 1. The Labute approximate surface area is 142 Å². The Balaban J connectivity index is 2.23. The van der Waals surface area contributed by atoms with Crippen LogP contribution in [0.3, 0.4) is 0 Å². The van der Waals surface area contributed by atoms with Crippen LogP contribution in [0.2, 0.25) is 0 Å². The molecule has 1 aromatic heterocycles. The monoisotopic (exact) mass is 342 g/mol. The average molecular weight is 342 g/mol. The van der Waals surface area contributed by atoms with Crippen molar-refractivity contribution in [3.8, 4) is 33.1 Å². The Morgan fingerprint density at radius 2 is 1.83 bits per heavy atom. The van der Waals surface area contributed by atoms with Crippen molar-refractivity contribution in [2.45, 2.75) is 13.8 Å². The molecule has 0 amide bonds. The van der Waals surface area contributed by atoms with Crippen molar-refractivity contribution in [1.29, 1.82) is 0 Å². The van der Waals surface area contributed by atoms with Crippen molar-refractivity contribution in [3.05, 3.63) is 58.2 Å². The summed E-state index contributed by atoms with van der Waals surface area (Å²) in [6, 6.07) is 9.17. The highest BCUT2D eigenvalue weighted by Crippen LogP contribution is 2.43. The van der Waals surface area contributed by atoms with Crippen molar-refractivity contribution in [2.75, 3.05) is 0 Å². The zero-order valence-electron chi connectivity index (χ0n) is 13.1. The van der Waals surface area contributed by atoms with Crippen molar-refractivity contribution in [3.63, 3.8) is 0 Å². The Morgan fingerprint density at radius 1 is 1.08 bits per heavy atom. The summed E-state index contributed by atoms with van der Waals surface area (Å²) in [6.07, 6.45) is 0.791. The van der Waals surface area contributed by atoms with Crippen molar-refractivity contribution in [2.24, 2.45) is 0 Å². The molecule has 0 aliphatic heterocycles. The summed E-state index contributed by atoms with van der Waals surface area (Å²) in [5.74, 6) is -0.939. The maximum absolute atomic E-state index is 13.7. The van der Waals surface area contributed by atoms with Crippen molar-refractivity contribution in [1.82, 2.24) is 0 Å². The van der Waals surface area contributed by atoms with Crippen LogP contribution in [0.25, 0.3) is 21.6 Å². The van der Waals surface area contributed by atoms with Gasteiger partial charge in [0.05, 0.1) is 4.88 Å². The van der Waals surface area contributed by atoms with E-state index in [9.17, 15) is 19.4 Å². The van der Waals surface area contributed by atoms with Gasteiger partial charge in [-0.05, 0) is 66.4 Å². The summed E-state index contributed by atoms with van der Waals surface area (Å²) >= 11 is 1.28. The molecule has 0 fully saturated rings. The average Bonchev–Trinajstić information content (AvgIpc) is 2.87. The highest BCUT2D eigenvalue weighted by molar-refractivity contribution is 7.17. The number of phenolic OH excluding ortho intramolecular Hbond substituents is 2. The van der Waals surface area contributed by atoms with Gasteiger partial charge in [-0.2, -0.15) is 0 Å². The number of hydrogen-bond acceptors (Lipinski definition) is 4. The smallest absolute Gasteiger partial charge is 0.165 e. The molecule has 0 radical (unpaired) electrons. The fourth-order valence-corrected chi connectivity index (χ4v) is 3.94. The van der Waals surface area contributed by atoms with Crippen LogP contribution in [-0.2, 0) is 0 Å². The summed E-state index contributed by atoms with van der Waals surface area (Å²) in [6.45, 7) is 3.74. The first kappa shape index (κ1) is 16.2. The van der Waals surface area contributed by atoms with E-state index in [1.165, 1.54) is 23.5 Å². The topological polar surface area (TPSA) is 57.5 Å². The van der Waals surface area contributed by atoms with Gasteiger partial charge >= 0.3 is 0 Å². The molecular weight excluding hydrogens is 327 g/mol. The van der Waals surface area contributed by atoms with Crippen molar-refractivity contribution >= 4 is 17.6 Å². The van der Waals surface area contributed by atoms with Crippen LogP contribution in [0, 0.1) is 19.7 Å². The fraction of sp³-hybridized carbons (Fsp3) is 0.105. The second-order valence-corrected chi connectivity index (χ2v) is 6.63. The molecule has 0 spiro atoms. The van der Waals surface area contributed by atoms with Crippen LogP contribution in [0.4, 0.5) is 4.39 Å². The minimum atomic E-state index is -0.699. The molecule has 1 heterocycles. The second-order valence-electron chi connectivity index (χ2n) is 5.58. The van der Waals surface area contributed by atoms with Crippen LogP contribution in [0.1, 0.15) is 20.8 Å². The Hall–Kier alpha value is -2.66. The first-order valence-corrected chi connectivity index (χ1v) is 8.11. The summed E-state index contributed by atoms with van der Waals surface area (Å²) in [4.78, 5) is 12.9. The SMILES string of the molecule is Cc1cc(O)ccc1-c1c(C=O)sc(-c2ccc(O)c(F)c2)c1C. The van der Waals surface area contributed by atoms with Gasteiger partial charge in [0, 0.05) is 10.4 Å². The Bertz CT molecular complexity index is 944. The molecule has 24 heavy (non-hydrogen) atoms. The van der Waals surface area contributed by atoms with Gasteiger partial charge in [-0.25, -0.2) is 4.39 Å². The summed E-state index contributed by atoms with van der Waals surface area (Å²) in [5, 5.41) is 18.9. The second kappa shape index (κ2) is 6.09. The van der Waals surface area contributed by atoms with Crippen LogP contribution in [0.5, 0.6) is 11.5 Å². The summed E-state index contributed by atoms with van der Waals surface area (Å²) < 4.78 is 13.7. The number of phenols is 2. The van der Waals surface area contributed by atoms with Gasteiger partial charge < -0.3 is 10.2 Å². The number of hydrogen-bond donors (Lipinski definition) is 2. The number of rotatable bonds is 3. The summed E-state index contributed by atoms with van der Waals surface area (Å²) in [7, 11) is 0. The number of aromatic hydroxyl groups is 2. The number of benzene rings is 2. The van der Waals surface area contributed by atoms with Gasteiger partial charge in [0.2, 0.25) is 0 Å². The van der Waals surface area contributed by atoms with E-state index in [1.807, 2.05) is 13.8 Å². The Kier molecular flexibility index (Phi) is 4.11. The van der Waals surface area contributed by atoms with Gasteiger partial charge in [0.15, 0.2) is 17.9 Å². The highest BCUT2D eigenvalue weighted by Gasteiger charge is 2.19. The van der Waals surface area contributed by atoms with Crippen LogP contribution >= 0.6 is 11.3 Å². The maximum Gasteiger partial charge on any atom is 0.165 e. The van der Waals surface area contributed by atoms with E-state index < -0.39 is 11.6 Å². The molecule has 0 saturated carbocycles. The molecule has 3 nitrogen and oxygen atoms in total. The first-order valence-electron chi connectivity index (χ1n) is 7.29. The molecule has 0 aliphatic rings. The van der Waals surface area contributed by atoms with Crippen LogP contribution < -0.4 is 0 Å². The third kappa shape index (κ3) is 2.67. The number of halogens is 1. The maximum atomic E-state index is 13.7. The molecule has 2 aromatic carbocycles. The van der Waals surface area contributed by atoms with E-state index in [0.29, 0.717) is 10.4 Å². The normalized spacial score (nSPS) is 10.8. The van der Waals surface area contributed by atoms with Gasteiger partial charge in [-0.1, -0.05) is 6.07 Å². The molecule has 5 heteroatoms. The molecule has 0 bridgehead atoms. The molecule has 0 aliphatic carbocycles. The number of aryl methyl sites for hydroxylation is 1. The molecular formula is C19H15FO3S. The lowest BCUT2D eigenvalue weighted by Crippen LogP contribution is -1.88. The minimum Gasteiger partial charge on any atom is -0.508 e. The van der Waals surface area contributed by atoms with E-state index in [2.05, 4.69) is 0 Å². The molecule has 0 saturated heterocycles. The lowest BCUT2D eigenvalue weighted by atomic mass is 9.95. The zero-order chi connectivity index (χ0) is 17.4. The van der Waals surface area contributed by atoms with E-state index in [4.69, 9.17) is 0 Å². The third-order valence-electron chi connectivity index (χ3n) is 3.97. The number of carbonyl (C=O) groups excluding carboxylic acids is 1. The van der Waals surface area contributed by atoms with Gasteiger partial charge in [0.1, 0.15) is 5.75 Å². The van der Waals surface area contributed by atoms with Gasteiger partial charge in [-0.15, -0.1) is 11.3 Å². The lowest BCUT2D eigenvalue weighted by molar-refractivity contribution is 0.112. The molecule has 3 aromatic rings. The zero-order valence-corrected chi connectivity index (χ0v) is 13.9. The standard InChI is InChI=1S/C19H15FO3S/c1-10-7-13(22)4-5-14(10)18-11(2)19(24-17(18)9-21)12-3-6-16(23)15(20)8-12/h3-9,22-23H,1-2H3. The predicted molar refractivity (Wildman–Crippen MR) is 93.3 cm³/mol. The van der Waals surface area contributed by atoms with E-state index in [1.54, 1.807) is 24.3 Å². The van der Waals surface area contributed by atoms with E-state index in [-0.39, 0.29) is 5.75 Å². The molecule has 122 valence electrons. The quantitative estimate of drug-likeness (QED) is 0.654. The Morgan fingerprint density at radius 3 is 2.46 bits per heavy atom. The van der Waals surface area contributed by atoms with E-state index in [0.717, 1.165) is 33.4 Å². The molecule has 0 unspecified atom stereocenters. The van der Waals surface area contributed by atoms with Crippen molar-refractivity contribution < 1.29 is 19.4 Å². The number of thiophene rings is 1. The fourth-order valence-electron chi connectivity index (χ4n) is 2.81. The molecule has 3 rings (SSSR count). The number of carbonyl (C=O) groups is 1. The predicted octanol–water partition coefficient (Wildman–Crippen LogP) is 5.06. The first-order chi connectivity index (χ1) is 11.4.